The topological polar surface area (TPSA) is 50.2 Å². The summed E-state index contributed by atoms with van der Waals surface area (Å²) in [6.07, 6.45) is 0.754. The lowest BCUT2D eigenvalue weighted by molar-refractivity contribution is 0.755. The first-order valence-corrected chi connectivity index (χ1v) is 5.65. The van der Waals surface area contributed by atoms with Crippen molar-refractivity contribution in [1.29, 1.82) is 0 Å². The van der Waals surface area contributed by atoms with E-state index in [1.54, 1.807) is 4.52 Å². The molecule has 0 spiro atoms. The van der Waals surface area contributed by atoms with Crippen molar-refractivity contribution in [2.75, 3.05) is 0 Å². The zero-order valence-electron chi connectivity index (χ0n) is 10.2. The van der Waals surface area contributed by atoms with Gasteiger partial charge >= 0.3 is 0 Å². The second-order valence-electron chi connectivity index (χ2n) is 4.42. The second kappa shape index (κ2) is 3.77. The van der Waals surface area contributed by atoms with Gasteiger partial charge in [-0.3, -0.25) is 9.89 Å². The number of H-pyrrole nitrogens is 1. The number of nitrogens with one attached hydrogen (secondary N) is 1. The predicted octanol–water partition coefficient (Wildman–Crippen LogP) is 2.02. The van der Waals surface area contributed by atoms with Crippen molar-refractivity contribution in [3.8, 4) is 0 Å². The van der Waals surface area contributed by atoms with Crippen molar-refractivity contribution < 1.29 is 0 Å². The summed E-state index contributed by atoms with van der Waals surface area (Å²) >= 11 is 0. The summed E-state index contributed by atoms with van der Waals surface area (Å²) in [5.74, 6) is 1.15. The fourth-order valence-electron chi connectivity index (χ4n) is 1.89. The van der Waals surface area contributed by atoms with Crippen LogP contribution in [0.5, 0.6) is 0 Å². The molecule has 0 unspecified atom stereocenters. The Labute approximate surface area is 94.3 Å². The van der Waals surface area contributed by atoms with Crippen molar-refractivity contribution in [3.05, 3.63) is 33.4 Å². The van der Waals surface area contributed by atoms with Gasteiger partial charge in [0.25, 0.3) is 5.56 Å². The Morgan fingerprint density at radius 1 is 1.50 bits per heavy atom. The van der Waals surface area contributed by atoms with Crippen molar-refractivity contribution >= 4 is 5.65 Å². The fraction of sp³-hybridized carbons (Fsp3) is 0.500. The van der Waals surface area contributed by atoms with Gasteiger partial charge in [-0.15, -0.1) is 0 Å². The molecule has 0 fully saturated rings. The van der Waals surface area contributed by atoms with E-state index in [9.17, 15) is 4.79 Å². The van der Waals surface area contributed by atoms with Crippen LogP contribution in [0, 0.1) is 6.92 Å². The maximum Gasteiger partial charge on any atom is 0.274 e. The Bertz CT molecular complexity index is 578. The molecule has 0 aliphatic heterocycles. The zero-order chi connectivity index (χ0) is 11.9. The number of fused-ring (bicyclic) bond motifs is 1. The highest BCUT2D eigenvalue weighted by atomic mass is 16.1. The standard InChI is InChI=1S/C12H17N3O/c1-5-9-8(4)6-10-13-11(7(2)3)14-15(10)12(9)16/h6-7H,5H2,1-4H3,(H,13,14). The Kier molecular flexibility index (Phi) is 2.58. The zero-order valence-corrected chi connectivity index (χ0v) is 10.2. The molecule has 2 heterocycles. The van der Waals surface area contributed by atoms with Gasteiger partial charge in [0, 0.05) is 11.5 Å². The summed E-state index contributed by atoms with van der Waals surface area (Å²) in [5, 5.41) is 3.06. The lowest BCUT2D eigenvalue weighted by atomic mass is 10.1. The summed E-state index contributed by atoms with van der Waals surface area (Å²) in [6.45, 7) is 8.06. The molecule has 1 N–H and O–H groups in total. The number of rotatable bonds is 2. The predicted molar refractivity (Wildman–Crippen MR) is 64.0 cm³/mol. The quantitative estimate of drug-likeness (QED) is 0.840. The number of hydrogen-bond donors (Lipinski definition) is 1. The molecule has 0 radical (unpaired) electrons. The molecule has 0 saturated carbocycles. The molecular weight excluding hydrogens is 202 g/mol. The molecule has 0 saturated heterocycles. The third-order valence-electron chi connectivity index (χ3n) is 2.87. The van der Waals surface area contributed by atoms with E-state index in [1.165, 1.54) is 0 Å². The molecule has 0 aliphatic rings. The monoisotopic (exact) mass is 219 g/mol. The molecule has 2 aromatic rings. The number of nitrogens with zero attached hydrogens (tertiary/aromatic N) is 2. The molecule has 2 rings (SSSR count). The van der Waals surface area contributed by atoms with E-state index in [0.29, 0.717) is 11.6 Å². The van der Waals surface area contributed by atoms with Crippen LogP contribution >= 0.6 is 0 Å². The summed E-state index contributed by atoms with van der Waals surface area (Å²) in [6, 6.07) is 1.96. The van der Waals surface area contributed by atoms with E-state index in [-0.39, 0.29) is 5.56 Å². The normalized spacial score (nSPS) is 11.6. The van der Waals surface area contributed by atoms with Gasteiger partial charge in [-0.1, -0.05) is 20.8 Å². The maximum atomic E-state index is 12.1. The first-order valence-electron chi connectivity index (χ1n) is 5.65. The number of aromatic amines is 1. The van der Waals surface area contributed by atoms with Gasteiger partial charge in [0.15, 0.2) is 5.65 Å². The lowest BCUT2D eigenvalue weighted by Gasteiger charge is -2.01. The highest BCUT2D eigenvalue weighted by Crippen LogP contribution is 2.12. The van der Waals surface area contributed by atoms with Crippen LogP contribution in [0.3, 0.4) is 0 Å². The average Bonchev–Trinajstić information content (AvgIpc) is 2.62. The molecule has 16 heavy (non-hydrogen) atoms. The van der Waals surface area contributed by atoms with Gasteiger partial charge in [-0.25, -0.2) is 4.98 Å². The number of pyridine rings is 1. The van der Waals surface area contributed by atoms with E-state index in [2.05, 4.69) is 23.9 Å². The van der Waals surface area contributed by atoms with E-state index < -0.39 is 0 Å². The molecule has 4 nitrogen and oxygen atoms in total. The van der Waals surface area contributed by atoms with Crippen LogP contribution in [-0.4, -0.2) is 14.6 Å². The molecule has 0 bridgehead atoms. The molecule has 2 aromatic heterocycles. The first kappa shape index (κ1) is 10.9. The van der Waals surface area contributed by atoms with Gasteiger partial charge in [-0.05, 0) is 25.0 Å². The summed E-state index contributed by atoms with van der Waals surface area (Å²) in [5.41, 5.74) is 2.62. The van der Waals surface area contributed by atoms with Crippen LogP contribution in [0.2, 0.25) is 0 Å². The summed E-state index contributed by atoms with van der Waals surface area (Å²) < 4.78 is 1.54. The smallest absolute Gasteiger partial charge is 0.274 e. The number of hydrogen-bond acceptors (Lipinski definition) is 2. The summed E-state index contributed by atoms with van der Waals surface area (Å²) in [7, 11) is 0. The molecule has 0 amide bonds. The van der Waals surface area contributed by atoms with Gasteiger partial charge in [-0.2, -0.15) is 4.52 Å². The SMILES string of the molecule is CCc1c(C)cc2nc(C(C)C)[nH]n2c1=O. The van der Waals surface area contributed by atoms with E-state index >= 15 is 0 Å². The maximum absolute atomic E-state index is 12.1. The van der Waals surface area contributed by atoms with Crippen LogP contribution in [0.4, 0.5) is 0 Å². The van der Waals surface area contributed by atoms with Crippen LogP contribution in [-0.2, 0) is 6.42 Å². The Hall–Kier alpha value is -1.58. The summed E-state index contributed by atoms with van der Waals surface area (Å²) in [4.78, 5) is 16.5. The minimum atomic E-state index is 0.0249. The molecule has 4 heteroatoms. The minimum absolute atomic E-state index is 0.0249. The molecule has 86 valence electrons. The largest absolute Gasteiger partial charge is 0.276 e. The Morgan fingerprint density at radius 3 is 2.75 bits per heavy atom. The van der Waals surface area contributed by atoms with Crippen molar-refractivity contribution in [3.63, 3.8) is 0 Å². The molecule has 0 atom stereocenters. The van der Waals surface area contributed by atoms with E-state index in [4.69, 9.17) is 0 Å². The van der Waals surface area contributed by atoms with Gasteiger partial charge in [0.2, 0.25) is 0 Å². The van der Waals surface area contributed by atoms with Gasteiger partial charge in [0.05, 0.1) is 0 Å². The highest BCUT2D eigenvalue weighted by molar-refractivity contribution is 5.43. The van der Waals surface area contributed by atoms with Crippen LogP contribution in [0.25, 0.3) is 5.65 Å². The Morgan fingerprint density at radius 2 is 2.19 bits per heavy atom. The number of aromatic nitrogens is 3. The minimum Gasteiger partial charge on any atom is -0.276 e. The van der Waals surface area contributed by atoms with Crippen molar-refractivity contribution in [2.45, 2.75) is 40.0 Å². The number of aryl methyl sites for hydroxylation is 1. The lowest BCUT2D eigenvalue weighted by Crippen LogP contribution is -2.19. The van der Waals surface area contributed by atoms with Gasteiger partial charge < -0.3 is 0 Å². The van der Waals surface area contributed by atoms with E-state index in [0.717, 1.165) is 23.4 Å². The second-order valence-corrected chi connectivity index (χ2v) is 4.42. The van der Waals surface area contributed by atoms with Crippen LogP contribution < -0.4 is 5.56 Å². The molecule has 0 aliphatic carbocycles. The fourth-order valence-corrected chi connectivity index (χ4v) is 1.89. The highest BCUT2D eigenvalue weighted by Gasteiger charge is 2.11. The third kappa shape index (κ3) is 1.54. The molecule has 0 aromatic carbocycles. The van der Waals surface area contributed by atoms with Crippen LogP contribution in [0.1, 0.15) is 43.6 Å². The average molecular weight is 219 g/mol. The van der Waals surface area contributed by atoms with Crippen molar-refractivity contribution in [1.82, 2.24) is 14.6 Å². The first-order chi connectivity index (χ1) is 7.54. The Balaban J connectivity index is 2.79. The van der Waals surface area contributed by atoms with Crippen molar-refractivity contribution in [2.24, 2.45) is 0 Å². The third-order valence-corrected chi connectivity index (χ3v) is 2.87. The van der Waals surface area contributed by atoms with Crippen LogP contribution in [0.15, 0.2) is 10.9 Å². The van der Waals surface area contributed by atoms with E-state index in [1.807, 2.05) is 19.9 Å². The molecular formula is C12H17N3O. The van der Waals surface area contributed by atoms with Gasteiger partial charge in [0.1, 0.15) is 5.82 Å².